The minimum absolute atomic E-state index is 0.0706. The molecule has 6 rings (SSSR count). The van der Waals surface area contributed by atoms with E-state index in [1.165, 1.54) is 25.3 Å². The molecule has 0 aliphatic carbocycles. The summed E-state index contributed by atoms with van der Waals surface area (Å²) in [5.74, 6) is -1.62. The molecular weight excluding hydrogens is 849 g/mol. The molecule has 0 unspecified atom stereocenters. The van der Waals surface area contributed by atoms with Gasteiger partial charge in [0.25, 0.3) is 30.4 Å². The molecule has 0 amide bonds. The van der Waals surface area contributed by atoms with Gasteiger partial charge in [0.1, 0.15) is 38.4 Å². The summed E-state index contributed by atoms with van der Waals surface area (Å²) in [6.07, 6.45) is 0. The first-order valence-corrected chi connectivity index (χ1v) is 20.6. The van der Waals surface area contributed by atoms with E-state index in [9.17, 15) is 49.1 Å². The standard InChI is InChI=1S/C33H24N6O15S4/c1-52-29-15-25(37-39-27-16-31(58(49,50)51)21-3-2-4-30(57(46,47)48)32(21)33(27)41)28(40)14-26(29)38-36-24-12-11-23(20-10-9-19(13-22(20)24)56(43,44)45)35-34-17-5-7-18(8-6-17)55-54-53-42/h2-16,40-42H,1H3,(H,43,44,45)(H,46,47,48)(H,49,50,51). The number of hydrogen-bond donors (Lipinski definition) is 6. The molecular formula is C33H24N6O15S4. The number of aromatic hydroxyl groups is 2. The number of fused-ring (bicyclic) bond motifs is 2. The minimum atomic E-state index is -5.06. The minimum Gasteiger partial charge on any atom is -0.506 e. The maximum Gasteiger partial charge on any atom is 0.295 e. The van der Waals surface area contributed by atoms with Gasteiger partial charge < -0.3 is 14.9 Å². The van der Waals surface area contributed by atoms with Crippen molar-refractivity contribution in [3.05, 3.63) is 91.0 Å². The summed E-state index contributed by atoms with van der Waals surface area (Å²) < 4.78 is 112. The van der Waals surface area contributed by atoms with E-state index in [0.29, 0.717) is 22.0 Å². The normalized spacial score (nSPS) is 12.8. The molecule has 0 fully saturated rings. The summed E-state index contributed by atoms with van der Waals surface area (Å²) in [5, 5.41) is 57.4. The van der Waals surface area contributed by atoms with E-state index in [1.54, 1.807) is 24.3 Å². The number of benzene rings is 6. The Kier molecular flexibility index (Phi) is 11.8. The second kappa shape index (κ2) is 16.5. The Bertz CT molecular complexity index is 3040. The van der Waals surface area contributed by atoms with Crippen LogP contribution in [0.3, 0.4) is 0 Å². The van der Waals surface area contributed by atoms with Gasteiger partial charge in [-0.1, -0.05) is 23.2 Å². The number of methoxy groups -OCH3 is 1. The van der Waals surface area contributed by atoms with Gasteiger partial charge in [0.2, 0.25) is 0 Å². The van der Waals surface area contributed by atoms with Crippen LogP contribution in [0.4, 0.5) is 34.1 Å². The molecule has 0 aliphatic rings. The van der Waals surface area contributed by atoms with E-state index in [4.69, 9.17) is 9.99 Å². The smallest absolute Gasteiger partial charge is 0.295 e. The number of ether oxygens (including phenoxy) is 1. The van der Waals surface area contributed by atoms with Crippen LogP contribution in [0.2, 0.25) is 0 Å². The van der Waals surface area contributed by atoms with Crippen molar-refractivity contribution in [1.29, 1.82) is 0 Å². The summed E-state index contributed by atoms with van der Waals surface area (Å²) in [5.41, 5.74) is -0.368. The van der Waals surface area contributed by atoms with E-state index >= 15 is 0 Å². The summed E-state index contributed by atoms with van der Waals surface area (Å²) in [7, 11) is -13.5. The topological polar surface area (TPSA) is 326 Å². The lowest BCUT2D eigenvalue weighted by atomic mass is 10.1. The Labute approximate surface area is 330 Å². The Morgan fingerprint density at radius 1 is 0.569 bits per heavy atom. The van der Waals surface area contributed by atoms with Gasteiger partial charge >= 0.3 is 0 Å². The van der Waals surface area contributed by atoms with Gasteiger partial charge in [0, 0.05) is 38.6 Å². The molecule has 6 aromatic rings. The highest BCUT2D eigenvalue weighted by atomic mass is 32.2. The van der Waals surface area contributed by atoms with E-state index in [-0.39, 0.29) is 33.9 Å². The number of phenols is 2. The van der Waals surface area contributed by atoms with Crippen molar-refractivity contribution in [2.45, 2.75) is 19.6 Å². The van der Waals surface area contributed by atoms with Crippen molar-refractivity contribution >= 4 is 98.1 Å². The highest BCUT2D eigenvalue weighted by Gasteiger charge is 2.25. The molecule has 0 atom stereocenters. The second-order valence-corrected chi connectivity index (χ2v) is 16.5. The van der Waals surface area contributed by atoms with E-state index in [0.717, 1.165) is 54.5 Å². The molecule has 0 heterocycles. The first kappa shape index (κ1) is 41.6. The fourth-order valence-corrected chi connectivity index (χ4v) is 7.62. The van der Waals surface area contributed by atoms with Crippen LogP contribution in [0.1, 0.15) is 0 Å². The van der Waals surface area contributed by atoms with Crippen LogP contribution in [0, 0.1) is 0 Å². The molecule has 0 aromatic heterocycles. The molecule has 6 aromatic carbocycles. The van der Waals surface area contributed by atoms with Gasteiger partial charge in [-0.15, -0.1) is 29.9 Å². The molecule has 0 radical (unpaired) electrons. The molecule has 0 spiro atoms. The third kappa shape index (κ3) is 9.08. The predicted molar refractivity (Wildman–Crippen MR) is 203 cm³/mol. The Balaban J connectivity index is 1.37. The average Bonchev–Trinajstić information content (AvgIpc) is 3.17. The van der Waals surface area contributed by atoms with Gasteiger partial charge in [-0.05, 0) is 60.7 Å². The quantitative estimate of drug-likeness (QED) is 0.0207. The largest absolute Gasteiger partial charge is 0.506 e. The molecule has 6 N–H and O–H groups in total. The average molecular weight is 873 g/mol. The molecule has 300 valence electrons. The van der Waals surface area contributed by atoms with Crippen molar-refractivity contribution in [3.63, 3.8) is 0 Å². The van der Waals surface area contributed by atoms with Gasteiger partial charge in [0.05, 0.1) is 41.1 Å². The van der Waals surface area contributed by atoms with Crippen molar-refractivity contribution in [2.24, 2.45) is 30.7 Å². The Morgan fingerprint density at radius 3 is 1.83 bits per heavy atom. The molecule has 0 aliphatic heterocycles. The lowest BCUT2D eigenvalue weighted by molar-refractivity contribution is -0.432. The van der Waals surface area contributed by atoms with Gasteiger partial charge in [-0.2, -0.15) is 30.4 Å². The summed E-state index contributed by atoms with van der Waals surface area (Å²) in [6.45, 7) is 0. The fraction of sp³-hybridized carbons (Fsp3) is 0.0303. The fourth-order valence-electron chi connectivity index (χ4n) is 5.33. The van der Waals surface area contributed by atoms with E-state index in [2.05, 4.69) is 40.1 Å². The lowest BCUT2D eigenvalue weighted by Crippen LogP contribution is -2.03. The van der Waals surface area contributed by atoms with Gasteiger partial charge in [-0.25, -0.2) is 5.26 Å². The maximum atomic E-state index is 12.2. The SMILES string of the molecule is COc1cc(N=Nc2cc(S(=O)(=O)O)c3cccc(S(=O)(=O)O)c3c2O)c(O)cc1N=Nc1ccc(N=Nc2ccc(SOOO)cc2)c2ccc(S(=O)(=O)O)cc12. The lowest BCUT2D eigenvalue weighted by Gasteiger charge is -2.11. The number of azo groups is 3. The van der Waals surface area contributed by atoms with Crippen LogP contribution in [-0.2, 0) is 39.7 Å². The summed E-state index contributed by atoms with van der Waals surface area (Å²) >= 11 is 0.743. The zero-order chi connectivity index (χ0) is 42.0. The summed E-state index contributed by atoms with van der Waals surface area (Å²) in [6, 6.07) is 18.9. The number of rotatable bonds is 13. The third-order valence-corrected chi connectivity index (χ3v) is 11.1. The highest BCUT2D eigenvalue weighted by molar-refractivity contribution is 7.94. The van der Waals surface area contributed by atoms with Crippen LogP contribution in [0.25, 0.3) is 21.5 Å². The summed E-state index contributed by atoms with van der Waals surface area (Å²) in [4.78, 5) is -1.66. The van der Waals surface area contributed by atoms with Crippen molar-refractivity contribution in [3.8, 4) is 17.2 Å². The molecule has 21 nitrogen and oxygen atoms in total. The molecule has 0 bridgehead atoms. The number of hydrogen-bond acceptors (Lipinski definition) is 19. The highest BCUT2D eigenvalue weighted by Crippen LogP contribution is 2.45. The van der Waals surface area contributed by atoms with Crippen LogP contribution >= 0.6 is 12.0 Å². The molecule has 25 heteroatoms. The zero-order valence-electron chi connectivity index (χ0n) is 28.8. The Hall–Kier alpha value is -6.00. The monoisotopic (exact) mass is 872 g/mol. The molecule has 58 heavy (non-hydrogen) atoms. The van der Waals surface area contributed by atoms with Crippen molar-refractivity contribution in [2.75, 3.05) is 7.11 Å². The molecule has 0 saturated heterocycles. The first-order chi connectivity index (χ1) is 27.4. The van der Waals surface area contributed by atoms with Crippen molar-refractivity contribution in [1.82, 2.24) is 0 Å². The van der Waals surface area contributed by atoms with Gasteiger partial charge in [-0.3, -0.25) is 13.7 Å². The number of nitrogens with zero attached hydrogens (tertiary/aromatic N) is 6. The van der Waals surface area contributed by atoms with Crippen LogP contribution in [0.5, 0.6) is 17.2 Å². The van der Waals surface area contributed by atoms with E-state index in [1.807, 2.05) is 0 Å². The predicted octanol–water partition coefficient (Wildman–Crippen LogP) is 8.83. The third-order valence-electron chi connectivity index (χ3n) is 7.91. The maximum absolute atomic E-state index is 12.2. The second-order valence-electron chi connectivity index (χ2n) is 11.5. The van der Waals surface area contributed by atoms with E-state index < -0.39 is 73.0 Å². The Morgan fingerprint density at radius 2 is 1.19 bits per heavy atom. The van der Waals surface area contributed by atoms with Crippen LogP contribution in [0.15, 0.2) is 141 Å². The van der Waals surface area contributed by atoms with Gasteiger partial charge in [0.15, 0.2) is 5.75 Å². The zero-order valence-corrected chi connectivity index (χ0v) is 32.1. The van der Waals surface area contributed by atoms with Crippen molar-refractivity contribution < 1.29 is 68.5 Å². The van der Waals surface area contributed by atoms with Crippen LogP contribution in [-0.4, -0.2) is 61.5 Å². The first-order valence-electron chi connectivity index (χ1n) is 15.6. The molecule has 0 saturated carbocycles. The van der Waals surface area contributed by atoms with Crippen LogP contribution < -0.4 is 4.74 Å². The number of phenolic OH excluding ortho intramolecular Hbond substituents is 2.